The summed E-state index contributed by atoms with van der Waals surface area (Å²) < 4.78 is 60.6. The highest BCUT2D eigenvalue weighted by Gasteiger charge is 2.32. The molecular weight excluding hydrogens is 393 g/mol. The molecule has 0 saturated heterocycles. The van der Waals surface area contributed by atoms with Crippen LogP contribution in [0.1, 0.15) is 15.9 Å². The first kappa shape index (κ1) is 18.4. The molecule has 3 heterocycles. The van der Waals surface area contributed by atoms with Crippen LogP contribution in [0.2, 0.25) is 0 Å². The summed E-state index contributed by atoms with van der Waals surface area (Å²) >= 11 is 0.812. The van der Waals surface area contributed by atoms with E-state index < -0.39 is 39.1 Å². The van der Waals surface area contributed by atoms with Gasteiger partial charge in [0.05, 0.1) is 27.9 Å². The Morgan fingerprint density at radius 2 is 2.04 bits per heavy atom. The molecule has 2 aromatic heterocycles. The largest absolute Gasteiger partial charge is 0.417 e. The van der Waals surface area contributed by atoms with Crippen LogP contribution in [0.3, 0.4) is 0 Å². The average molecular weight is 404 g/mol. The number of pyridine rings is 1. The van der Waals surface area contributed by atoms with Crippen molar-refractivity contribution in [3.05, 3.63) is 56.5 Å². The number of hydrogen-bond acceptors (Lipinski definition) is 5. The second kappa shape index (κ2) is 6.40. The Morgan fingerprint density at radius 1 is 1.31 bits per heavy atom. The van der Waals surface area contributed by atoms with E-state index in [1.807, 2.05) is 0 Å². The highest BCUT2D eigenvalue weighted by Crippen LogP contribution is 2.35. The van der Waals surface area contributed by atoms with Crippen LogP contribution < -0.4 is 10.9 Å². The fourth-order valence-corrected chi connectivity index (χ4v) is 4.47. The summed E-state index contributed by atoms with van der Waals surface area (Å²) in [4.78, 5) is 26.8. The number of nitrogens with one attached hydrogen (secondary N) is 2. The fraction of sp³-hybridized carbons (Fsp3) is 0.200. The number of aromatic nitrogens is 1. The van der Waals surface area contributed by atoms with E-state index in [0.29, 0.717) is 0 Å². The van der Waals surface area contributed by atoms with E-state index in [-0.39, 0.29) is 21.9 Å². The lowest BCUT2D eigenvalue weighted by molar-refractivity contribution is -0.137. The molecule has 0 aromatic carbocycles. The van der Waals surface area contributed by atoms with Crippen molar-refractivity contribution in [2.24, 2.45) is 0 Å². The number of sulfone groups is 1. The number of rotatable bonds is 3. The van der Waals surface area contributed by atoms with Gasteiger partial charge < -0.3 is 10.3 Å². The van der Waals surface area contributed by atoms with Gasteiger partial charge in [-0.3, -0.25) is 9.59 Å². The molecule has 1 aliphatic rings. The number of thiophene rings is 1. The molecule has 138 valence electrons. The highest BCUT2D eigenvalue weighted by atomic mass is 32.2. The van der Waals surface area contributed by atoms with Gasteiger partial charge >= 0.3 is 6.18 Å². The quantitative estimate of drug-likeness (QED) is 0.820. The highest BCUT2D eigenvalue weighted by molar-refractivity contribution is 7.94. The van der Waals surface area contributed by atoms with E-state index in [1.54, 1.807) is 0 Å². The van der Waals surface area contributed by atoms with E-state index in [4.69, 9.17) is 0 Å². The second-order valence-electron chi connectivity index (χ2n) is 5.55. The van der Waals surface area contributed by atoms with Gasteiger partial charge in [-0.2, -0.15) is 13.2 Å². The zero-order valence-electron chi connectivity index (χ0n) is 12.8. The van der Waals surface area contributed by atoms with Crippen molar-refractivity contribution in [1.82, 2.24) is 10.3 Å². The van der Waals surface area contributed by atoms with E-state index in [9.17, 15) is 31.2 Å². The van der Waals surface area contributed by atoms with E-state index in [0.717, 1.165) is 28.2 Å². The molecule has 0 aliphatic carbocycles. The summed E-state index contributed by atoms with van der Waals surface area (Å²) in [6.45, 7) is 0. The normalized spacial score (nSPS) is 18.8. The molecule has 0 spiro atoms. The van der Waals surface area contributed by atoms with Gasteiger partial charge in [-0.25, -0.2) is 8.42 Å². The lowest BCUT2D eigenvalue weighted by Gasteiger charge is -2.09. The fourth-order valence-electron chi connectivity index (χ4n) is 2.33. The number of carbonyl (C=O) groups is 1. The summed E-state index contributed by atoms with van der Waals surface area (Å²) in [6, 6.07) is 2.68. The molecule has 3 rings (SSSR count). The third kappa shape index (κ3) is 3.88. The molecule has 2 aromatic rings. The lowest BCUT2D eigenvalue weighted by atomic mass is 10.2. The van der Waals surface area contributed by atoms with Crippen molar-refractivity contribution in [3.63, 3.8) is 0 Å². The first-order chi connectivity index (χ1) is 12.0. The molecule has 26 heavy (non-hydrogen) atoms. The van der Waals surface area contributed by atoms with Crippen LogP contribution in [0.15, 0.2) is 39.9 Å². The van der Waals surface area contributed by atoms with Crippen molar-refractivity contribution in [2.75, 3.05) is 5.75 Å². The third-order valence-electron chi connectivity index (χ3n) is 3.59. The smallest absolute Gasteiger partial charge is 0.345 e. The zero-order chi connectivity index (χ0) is 19.1. The van der Waals surface area contributed by atoms with Crippen LogP contribution in [-0.2, 0) is 16.0 Å². The monoisotopic (exact) mass is 404 g/mol. The first-order valence-corrected chi connectivity index (χ1v) is 9.76. The Balaban J connectivity index is 1.80. The number of carbonyl (C=O) groups excluding carboxylic acids is 1. The van der Waals surface area contributed by atoms with Gasteiger partial charge in [0.2, 0.25) is 0 Å². The van der Waals surface area contributed by atoms with Crippen molar-refractivity contribution in [2.45, 2.75) is 12.2 Å². The maximum Gasteiger partial charge on any atom is 0.417 e. The molecule has 11 heteroatoms. The van der Waals surface area contributed by atoms with Crippen LogP contribution in [0.4, 0.5) is 13.2 Å². The molecule has 0 bridgehead atoms. The summed E-state index contributed by atoms with van der Waals surface area (Å²) in [5.74, 6) is -1.06. The topological polar surface area (TPSA) is 96.1 Å². The number of halogens is 3. The molecule has 1 aliphatic heterocycles. The van der Waals surface area contributed by atoms with Crippen LogP contribution in [0, 0.1) is 0 Å². The second-order valence-corrected chi connectivity index (χ2v) is 8.39. The van der Waals surface area contributed by atoms with Gasteiger partial charge in [-0.1, -0.05) is 0 Å². The molecule has 0 fully saturated rings. The van der Waals surface area contributed by atoms with Gasteiger partial charge in [0.15, 0.2) is 9.84 Å². The van der Waals surface area contributed by atoms with E-state index in [2.05, 4.69) is 10.3 Å². The maximum atomic E-state index is 12.6. The van der Waals surface area contributed by atoms with Crippen molar-refractivity contribution >= 4 is 27.1 Å². The number of alkyl halides is 3. The van der Waals surface area contributed by atoms with Crippen molar-refractivity contribution < 1.29 is 26.4 Å². The molecule has 1 atom stereocenters. The Labute approximate surface area is 149 Å². The van der Waals surface area contributed by atoms with Gasteiger partial charge in [-0.15, -0.1) is 11.3 Å². The Kier molecular flexibility index (Phi) is 4.53. The minimum absolute atomic E-state index is 0.149. The third-order valence-corrected chi connectivity index (χ3v) is 5.95. The number of amides is 1. The standard InChI is InChI=1S/C15H11F3N2O4S2/c16-15(17,18)8-5-12(25-6-8)11-2-1-10(14(22)20-11)13(21)19-9-3-4-26(23,24)7-9/h1-6,9H,7H2,(H,19,21)(H,20,22)/t9-/m1/s1. The van der Waals surface area contributed by atoms with Crippen molar-refractivity contribution in [3.8, 4) is 10.6 Å². The Morgan fingerprint density at radius 3 is 2.58 bits per heavy atom. The van der Waals surface area contributed by atoms with Crippen LogP contribution in [0.5, 0.6) is 0 Å². The average Bonchev–Trinajstić information content (AvgIpc) is 3.13. The molecule has 1 amide bonds. The molecule has 2 N–H and O–H groups in total. The summed E-state index contributed by atoms with van der Waals surface area (Å²) in [5, 5.41) is 4.32. The minimum Gasteiger partial charge on any atom is -0.345 e. The molecule has 0 radical (unpaired) electrons. The lowest BCUT2D eigenvalue weighted by Crippen LogP contribution is -2.38. The zero-order valence-corrected chi connectivity index (χ0v) is 14.5. The molecular formula is C15H11F3N2O4S2. The molecule has 6 nitrogen and oxygen atoms in total. The maximum absolute atomic E-state index is 12.6. The SMILES string of the molecule is O=C(N[C@@H]1C=CS(=O)(=O)C1)c1ccc(-c2cc(C(F)(F)F)cs2)[nH]c1=O. The summed E-state index contributed by atoms with van der Waals surface area (Å²) in [5.41, 5.74) is -1.73. The van der Waals surface area contributed by atoms with Gasteiger partial charge in [-0.05, 0) is 24.3 Å². The Bertz CT molecular complexity index is 1050. The predicted molar refractivity (Wildman–Crippen MR) is 89.6 cm³/mol. The van der Waals surface area contributed by atoms with Gasteiger partial charge in [0, 0.05) is 10.8 Å². The van der Waals surface area contributed by atoms with Crippen molar-refractivity contribution in [1.29, 1.82) is 0 Å². The number of hydrogen-bond donors (Lipinski definition) is 2. The van der Waals surface area contributed by atoms with Gasteiger partial charge in [0.25, 0.3) is 11.5 Å². The number of aromatic amines is 1. The van der Waals surface area contributed by atoms with Gasteiger partial charge in [0.1, 0.15) is 5.56 Å². The van der Waals surface area contributed by atoms with E-state index >= 15 is 0 Å². The summed E-state index contributed by atoms with van der Waals surface area (Å²) in [6.07, 6.45) is -3.18. The molecule has 0 unspecified atom stereocenters. The van der Waals surface area contributed by atoms with Crippen LogP contribution >= 0.6 is 11.3 Å². The predicted octanol–water partition coefficient (Wildman–Crippen LogP) is 2.16. The van der Waals surface area contributed by atoms with E-state index in [1.165, 1.54) is 18.2 Å². The summed E-state index contributed by atoms with van der Waals surface area (Å²) in [7, 11) is -3.36. The molecule has 0 saturated carbocycles. The minimum atomic E-state index is -4.48. The first-order valence-electron chi connectivity index (χ1n) is 7.16. The van der Waals surface area contributed by atoms with Crippen LogP contribution in [-0.4, -0.2) is 31.1 Å². The Hall–Kier alpha value is -2.40. The number of H-pyrrole nitrogens is 1. The van der Waals surface area contributed by atoms with Crippen LogP contribution in [0.25, 0.3) is 10.6 Å².